The Bertz CT molecular complexity index is 749. The SMILES string of the molecule is CCOC(=O)COc1ccccc1C=NN=C1NC(=O)C(CC(=O)O)S1. The Labute approximate surface area is 153 Å². The fraction of sp³-hybridized carbons (Fsp3) is 0.312. The first-order valence-corrected chi connectivity index (χ1v) is 8.55. The molecule has 0 bridgehead atoms. The molecule has 0 spiro atoms. The Morgan fingerprint density at radius 1 is 1.38 bits per heavy atom. The number of amidine groups is 1. The maximum absolute atomic E-state index is 11.6. The monoisotopic (exact) mass is 379 g/mol. The molecule has 0 radical (unpaired) electrons. The molecule has 2 N–H and O–H groups in total. The van der Waals surface area contributed by atoms with Crippen LogP contribution in [0, 0.1) is 0 Å². The van der Waals surface area contributed by atoms with Crippen molar-refractivity contribution in [2.45, 2.75) is 18.6 Å². The number of carboxylic acids is 1. The highest BCUT2D eigenvalue weighted by molar-refractivity contribution is 8.15. The molecule has 1 aromatic carbocycles. The molecule has 0 aromatic heterocycles. The molecule has 1 atom stereocenters. The molecule has 1 unspecified atom stereocenters. The van der Waals surface area contributed by atoms with Crippen LogP contribution in [0.15, 0.2) is 34.5 Å². The van der Waals surface area contributed by atoms with Gasteiger partial charge in [-0.2, -0.15) is 5.10 Å². The standard InChI is InChI=1S/C16H17N3O6S/c1-2-24-14(22)9-25-11-6-4-3-5-10(11)8-17-19-16-18-15(23)12(26-16)7-13(20)21/h3-6,8,12H,2,7,9H2,1H3,(H,20,21)(H,18,19,23). The van der Waals surface area contributed by atoms with Gasteiger partial charge >= 0.3 is 11.9 Å². The molecule has 1 aliphatic rings. The van der Waals surface area contributed by atoms with E-state index in [9.17, 15) is 14.4 Å². The van der Waals surface area contributed by atoms with Gasteiger partial charge in [-0.25, -0.2) is 4.79 Å². The van der Waals surface area contributed by atoms with E-state index in [2.05, 4.69) is 15.5 Å². The molecule has 1 amide bonds. The van der Waals surface area contributed by atoms with Gasteiger partial charge in [0.15, 0.2) is 11.8 Å². The van der Waals surface area contributed by atoms with Crippen molar-refractivity contribution < 1.29 is 29.0 Å². The summed E-state index contributed by atoms with van der Waals surface area (Å²) in [7, 11) is 0. The van der Waals surface area contributed by atoms with Crippen molar-refractivity contribution in [1.82, 2.24) is 5.32 Å². The number of carboxylic acid groups (broad SMARTS) is 1. The normalized spacial score (nSPS) is 18.1. The zero-order chi connectivity index (χ0) is 18.9. The number of nitrogens with one attached hydrogen (secondary N) is 1. The number of rotatable bonds is 8. The summed E-state index contributed by atoms with van der Waals surface area (Å²) in [5.74, 6) is -1.52. The Morgan fingerprint density at radius 2 is 2.15 bits per heavy atom. The smallest absolute Gasteiger partial charge is 0.344 e. The van der Waals surface area contributed by atoms with E-state index in [-0.39, 0.29) is 24.8 Å². The van der Waals surface area contributed by atoms with Crippen LogP contribution in [0.2, 0.25) is 0 Å². The Morgan fingerprint density at radius 3 is 2.88 bits per heavy atom. The van der Waals surface area contributed by atoms with E-state index in [0.29, 0.717) is 11.3 Å². The fourth-order valence-corrected chi connectivity index (χ4v) is 2.86. The molecular weight excluding hydrogens is 362 g/mol. The van der Waals surface area contributed by atoms with E-state index < -0.39 is 23.1 Å². The quantitative estimate of drug-likeness (QED) is 0.392. The summed E-state index contributed by atoms with van der Waals surface area (Å²) in [5, 5.41) is 18.5. The van der Waals surface area contributed by atoms with E-state index in [1.807, 2.05) is 0 Å². The molecule has 1 saturated heterocycles. The van der Waals surface area contributed by atoms with Crippen LogP contribution in [0.3, 0.4) is 0 Å². The van der Waals surface area contributed by atoms with Crippen molar-refractivity contribution in [3.8, 4) is 5.75 Å². The third-order valence-electron chi connectivity index (χ3n) is 3.05. The van der Waals surface area contributed by atoms with Crippen LogP contribution in [0.25, 0.3) is 0 Å². The van der Waals surface area contributed by atoms with Crippen LogP contribution in [-0.4, -0.2) is 52.8 Å². The van der Waals surface area contributed by atoms with E-state index >= 15 is 0 Å². The van der Waals surface area contributed by atoms with Crippen molar-refractivity contribution in [3.63, 3.8) is 0 Å². The number of thioether (sulfide) groups is 1. The third kappa shape index (κ3) is 5.88. The van der Waals surface area contributed by atoms with Crippen LogP contribution in [0.1, 0.15) is 18.9 Å². The Hall–Kier alpha value is -2.88. The number of esters is 1. The van der Waals surface area contributed by atoms with Crippen LogP contribution in [0.4, 0.5) is 0 Å². The fourth-order valence-electron chi connectivity index (χ4n) is 1.95. The number of aliphatic carboxylic acids is 1. The highest BCUT2D eigenvalue weighted by atomic mass is 32.2. The third-order valence-corrected chi connectivity index (χ3v) is 4.12. The molecule has 2 rings (SSSR count). The number of carbonyl (C=O) groups is 3. The minimum Gasteiger partial charge on any atom is -0.481 e. The van der Waals surface area contributed by atoms with Gasteiger partial charge in [0, 0.05) is 5.56 Å². The summed E-state index contributed by atoms with van der Waals surface area (Å²) in [6, 6.07) is 6.90. The number of amides is 1. The molecular formula is C16H17N3O6S. The molecule has 138 valence electrons. The second kappa shape index (κ2) is 9.56. The number of nitrogens with zero attached hydrogens (tertiary/aromatic N) is 2. The lowest BCUT2D eigenvalue weighted by Gasteiger charge is -2.07. The van der Waals surface area contributed by atoms with Crippen LogP contribution in [-0.2, 0) is 19.1 Å². The van der Waals surface area contributed by atoms with E-state index in [0.717, 1.165) is 11.8 Å². The minimum absolute atomic E-state index is 0.224. The van der Waals surface area contributed by atoms with Gasteiger partial charge in [0.05, 0.1) is 19.2 Å². The highest BCUT2D eigenvalue weighted by Gasteiger charge is 2.32. The lowest BCUT2D eigenvalue weighted by Crippen LogP contribution is -2.26. The summed E-state index contributed by atoms with van der Waals surface area (Å²) < 4.78 is 10.2. The van der Waals surface area contributed by atoms with Crippen molar-refractivity contribution >= 4 is 41.0 Å². The van der Waals surface area contributed by atoms with Gasteiger partial charge in [0.25, 0.3) is 0 Å². The topological polar surface area (TPSA) is 127 Å². The van der Waals surface area contributed by atoms with Gasteiger partial charge in [0.2, 0.25) is 5.91 Å². The number of hydrogen-bond donors (Lipinski definition) is 2. The molecule has 1 fully saturated rings. The van der Waals surface area contributed by atoms with Crippen molar-refractivity contribution in [3.05, 3.63) is 29.8 Å². The van der Waals surface area contributed by atoms with Crippen molar-refractivity contribution in [2.75, 3.05) is 13.2 Å². The summed E-state index contributed by atoms with van der Waals surface area (Å²) in [5.41, 5.74) is 0.581. The number of para-hydroxylation sites is 1. The number of ether oxygens (including phenoxy) is 2. The Kier molecular flexibility index (Phi) is 7.15. The van der Waals surface area contributed by atoms with Crippen LogP contribution < -0.4 is 10.1 Å². The minimum atomic E-state index is -1.06. The lowest BCUT2D eigenvalue weighted by molar-refractivity contribution is -0.145. The number of benzene rings is 1. The van der Waals surface area contributed by atoms with Gasteiger partial charge in [-0.05, 0) is 19.1 Å². The van der Waals surface area contributed by atoms with Gasteiger partial charge in [-0.15, -0.1) is 5.10 Å². The maximum Gasteiger partial charge on any atom is 0.344 e. The lowest BCUT2D eigenvalue weighted by atomic mass is 10.2. The number of carbonyl (C=O) groups excluding carboxylic acids is 2. The Balaban J connectivity index is 1.99. The predicted molar refractivity (Wildman–Crippen MR) is 95.4 cm³/mol. The van der Waals surface area contributed by atoms with Crippen LogP contribution in [0.5, 0.6) is 5.75 Å². The summed E-state index contributed by atoms with van der Waals surface area (Å²) in [4.78, 5) is 33.7. The zero-order valence-electron chi connectivity index (χ0n) is 13.9. The summed E-state index contributed by atoms with van der Waals surface area (Å²) in [6.45, 7) is 1.75. The molecule has 1 aromatic rings. The molecule has 10 heteroatoms. The van der Waals surface area contributed by atoms with Gasteiger partial charge in [0.1, 0.15) is 11.0 Å². The zero-order valence-corrected chi connectivity index (χ0v) is 14.7. The maximum atomic E-state index is 11.6. The largest absolute Gasteiger partial charge is 0.481 e. The molecule has 0 aliphatic carbocycles. The first-order valence-electron chi connectivity index (χ1n) is 7.67. The van der Waals surface area contributed by atoms with Gasteiger partial charge in [-0.3, -0.25) is 9.59 Å². The van der Waals surface area contributed by atoms with Gasteiger partial charge in [-0.1, -0.05) is 23.9 Å². The average Bonchev–Trinajstić information content (AvgIpc) is 2.93. The van der Waals surface area contributed by atoms with E-state index in [4.69, 9.17) is 14.6 Å². The average molecular weight is 379 g/mol. The molecule has 26 heavy (non-hydrogen) atoms. The first-order chi connectivity index (χ1) is 12.5. The summed E-state index contributed by atoms with van der Waals surface area (Å²) in [6.07, 6.45) is 1.12. The van der Waals surface area contributed by atoms with E-state index in [1.54, 1.807) is 31.2 Å². The molecule has 1 aliphatic heterocycles. The predicted octanol–water partition coefficient (Wildman–Crippen LogP) is 1.02. The molecule has 0 saturated carbocycles. The highest BCUT2D eigenvalue weighted by Crippen LogP contribution is 2.22. The van der Waals surface area contributed by atoms with E-state index in [1.165, 1.54) is 6.21 Å². The van der Waals surface area contributed by atoms with Crippen molar-refractivity contribution in [1.29, 1.82) is 0 Å². The molecule has 9 nitrogen and oxygen atoms in total. The van der Waals surface area contributed by atoms with Crippen LogP contribution >= 0.6 is 11.8 Å². The summed E-state index contributed by atoms with van der Waals surface area (Å²) >= 11 is 1.01. The van der Waals surface area contributed by atoms with Gasteiger partial charge < -0.3 is 19.9 Å². The number of hydrogen-bond acceptors (Lipinski definition) is 8. The molecule has 1 heterocycles. The first kappa shape index (κ1) is 19.4. The second-order valence-electron chi connectivity index (χ2n) is 4.97. The van der Waals surface area contributed by atoms with Crippen molar-refractivity contribution in [2.24, 2.45) is 10.2 Å². The second-order valence-corrected chi connectivity index (χ2v) is 6.17.